The molecule has 0 radical (unpaired) electrons. The van der Waals surface area contributed by atoms with Crippen molar-refractivity contribution in [3.8, 4) is 22.6 Å². The molecule has 1 heterocycles. The number of carbonyl (C=O) groups is 1. The molecule has 0 aliphatic carbocycles. The Kier molecular flexibility index (Phi) is 4.02. The van der Waals surface area contributed by atoms with Crippen LogP contribution in [0.3, 0.4) is 0 Å². The van der Waals surface area contributed by atoms with Crippen molar-refractivity contribution in [3.05, 3.63) is 35.9 Å². The van der Waals surface area contributed by atoms with Gasteiger partial charge >= 0.3 is 5.97 Å². The molecule has 8 nitrogen and oxygen atoms in total. The molecule has 0 saturated carbocycles. The highest BCUT2D eigenvalue weighted by Crippen LogP contribution is 2.44. The number of ether oxygens (including phenoxy) is 2. The van der Waals surface area contributed by atoms with Crippen LogP contribution in [0.1, 0.15) is 10.4 Å². The molecule has 3 rings (SSSR count). The second-order valence-corrected chi connectivity index (χ2v) is 5.19. The quantitative estimate of drug-likeness (QED) is 0.658. The first-order chi connectivity index (χ1) is 12.0. The lowest BCUT2D eigenvalue weighted by Gasteiger charge is -2.17. The van der Waals surface area contributed by atoms with Crippen LogP contribution in [0.15, 0.2) is 30.3 Å². The molecule has 8 heteroatoms. The van der Waals surface area contributed by atoms with Crippen LogP contribution in [0.25, 0.3) is 22.0 Å². The minimum Gasteiger partial charge on any atom is -0.496 e. The number of carboxylic acid groups (broad SMARTS) is 1. The average molecular weight is 340 g/mol. The Hall–Kier alpha value is -3.55. The highest BCUT2D eigenvalue weighted by atomic mass is 16.5. The van der Waals surface area contributed by atoms with Gasteiger partial charge in [0.05, 0.1) is 36.2 Å². The minimum atomic E-state index is -1.12. The Morgan fingerprint density at radius 1 is 1.00 bits per heavy atom. The van der Waals surface area contributed by atoms with Gasteiger partial charge in [0.15, 0.2) is 0 Å². The molecular formula is C17H16N4O4. The Morgan fingerprint density at radius 3 is 2.20 bits per heavy atom. The number of aromatic nitrogens is 2. The molecule has 0 spiro atoms. The van der Waals surface area contributed by atoms with Crippen LogP contribution in [-0.4, -0.2) is 35.3 Å². The van der Waals surface area contributed by atoms with Gasteiger partial charge < -0.3 is 26.0 Å². The highest BCUT2D eigenvalue weighted by molar-refractivity contribution is 6.12. The van der Waals surface area contributed by atoms with Gasteiger partial charge in [0.25, 0.3) is 0 Å². The number of anilines is 2. The molecular weight excluding hydrogens is 324 g/mol. The Bertz CT molecular complexity index is 966. The van der Waals surface area contributed by atoms with Crippen molar-refractivity contribution in [1.82, 2.24) is 9.97 Å². The van der Waals surface area contributed by atoms with Crippen molar-refractivity contribution in [2.45, 2.75) is 0 Å². The summed E-state index contributed by atoms with van der Waals surface area (Å²) in [6.07, 6.45) is 0. The number of nitrogens with zero attached hydrogens (tertiary/aromatic N) is 2. The lowest BCUT2D eigenvalue weighted by Crippen LogP contribution is -2.07. The summed E-state index contributed by atoms with van der Waals surface area (Å²) in [7, 11) is 2.98. The van der Waals surface area contributed by atoms with Crippen LogP contribution in [0, 0.1) is 0 Å². The van der Waals surface area contributed by atoms with Gasteiger partial charge in [0.1, 0.15) is 17.3 Å². The monoisotopic (exact) mass is 340 g/mol. The summed E-state index contributed by atoms with van der Waals surface area (Å²) in [5.41, 5.74) is 12.9. The van der Waals surface area contributed by atoms with E-state index in [4.69, 9.17) is 20.9 Å². The molecule has 0 fully saturated rings. The Balaban J connectivity index is 2.55. The molecule has 2 aromatic carbocycles. The van der Waals surface area contributed by atoms with Gasteiger partial charge in [-0.1, -0.05) is 6.07 Å². The van der Waals surface area contributed by atoms with Crippen molar-refractivity contribution >= 4 is 28.6 Å². The third-order valence-electron chi connectivity index (χ3n) is 3.82. The predicted molar refractivity (Wildman–Crippen MR) is 93.9 cm³/mol. The summed E-state index contributed by atoms with van der Waals surface area (Å²) in [4.78, 5) is 19.9. The van der Waals surface area contributed by atoms with Crippen molar-refractivity contribution in [2.24, 2.45) is 0 Å². The van der Waals surface area contributed by atoms with E-state index < -0.39 is 5.97 Å². The molecule has 1 aromatic heterocycles. The standard InChI is InChI=1S/C17H16N4O4/c1-24-10-4-3-5-11(25-2)14(10)12-8(16(22)23)6-7-9-13(12)15(18)21-17(19)20-9/h3-7H,1-2H3,(H,22,23)(H4,18,19,20,21). The van der Waals surface area contributed by atoms with Gasteiger partial charge in [-0.2, -0.15) is 4.98 Å². The van der Waals surface area contributed by atoms with E-state index >= 15 is 0 Å². The molecule has 0 saturated heterocycles. The minimum absolute atomic E-state index is 0.00557. The van der Waals surface area contributed by atoms with Crippen LogP contribution in [0.2, 0.25) is 0 Å². The van der Waals surface area contributed by atoms with Gasteiger partial charge in [0.2, 0.25) is 5.95 Å². The van der Waals surface area contributed by atoms with Gasteiger partial charge in [0, 0.05) is 5.56 Å². The van der Waals surface area contributed by atoms with Crippen molar-refractivity contribution in [1.29, 1.82) is 0 Å². The summed E-state index contributed by atoms with van der Waals surface area (Å²) < 4.78 is 10.8. The molecule has 0 amide bonds. The van der Waals surface area contributed by atoms with E-state index in [1.807, 2.05) is 0 Å². The molecule has 128 valence electrons. The predicted octanol–water partition coefficient (Wildman–Crippen LogP) is 2.18. The number of benzene rings is 2. The maximum absolute atomic E-state index is 11.8. The third kappa shape index (κ3) is 2.63. The van der Waals surface area contributed by atoms with E-state index in [2.05, 4.69) is 9.97 Å². The summed E-state index contributed by atoms with van der Waals surface area (Å²) in [6, 6.07) is 8.13. The lowest BCUT2D eigenvalue weighted by atomic mass is 9.93. The SMILES string of the molecule is COc1cccc(OC)c1-c1c(C(=O)O)ccc2nc(N)nc(N)c12. The van der Waals surface area contributed by atoms with E-state index in [0.717, 1.165) is 0 Å². The Labute approximate surface area is 143 Å². The second-order valence-electron chi connectivity index (χ2n) is 5.19. The third-order valence-corrected chi connectivity index (χ3v) is 3.82. The van der Waals surface area contributed by atoms with Crippen LogP contribution < -0.4 is 20.9 Å². The van der Waals surface area contributed by atoms with Gasteiger partial charge in [-0.3, -0.25) is 0 Å². The fourth-order valence-corrected chi connectivity index (χ4v) is 2.81. The van der Waals surface area contributed by atoms with Crippen molar-refractivity contribution < 1.29 is 19.4 Å². The average Bonchev–Trinajstić information content (AvgIpc) is 2.59. The smallest absolute Gasteiger partial charge is 0.336 e. The second kappa shape index (κ2) is 6.16. The number of hydrogen-bond acceptors (Lipinski definition) is 7. The van der Waals surface area contributed by atoms with E-state index in [-0.39, 0.29) is 17.3 Å². The summed E-state index contributed by atoms with van der Waals surface area (Å²) in [5, 5.41) is 10.0. The molecule has 0 atom stereocenters. The topological polar surface area (TPSA) is 134 Å². The van der Waals surface area contributed by atoms with E-state index in [1.54, 1.807) is 24.3 Å². The fraction of sp³-hybridized carbons (Fsp3) is 0.118. The maximum Gasteiger partial charge on any atom is 0.336 e. The number of carboxylic acids is 1. The molecule has 5 N–H and O–H groups in total. The first kappa shape index (κ1) is 16.3. The number of fused-ring (bicyclic) bond motifs is 1. The van der Waals surface area contributed by atoms with Crippen molar-refractivity contribution in [3.63, 3.8) is 0 Å². The normalized spacial score (nSPS) is 10.6. The number of rotatable bonds is 4. The van der Waals surface area contributed by atoms with Crippen LogP contribution in [0.4, 0.5) is 11.8 Å². The first-order valence-corrected chi connectivity index (χ1v) is 7.28. The lowest BCUT2D eigenvalue weighted by molar-refractivity contribution is 0.0698. The van der Waals surface area contributed by atoms with Gasteiger partial charge in [-0.25, -0.2) is 9.78 Å². The van der Waals surface area contributed by atoms with Crippen molar-refractivity contribution in [2.75, 3.05) is 25.7 Å². The zero-order valence-electron chi connectivity index (χ0n) is 13.6. The zero-order valence-corrected chi connectivity index (χ0v) is 13.6. The van der Waals surface area contributed by atoms with Crippen LogP contribution >= 0.6 is 0 Å². The number of aromatic carboxylic acids is 1. The van der Waals surface area contributed by atoms with E-state index in [1.165, 1.54) is 20.3 Å². The zero-order chi connectivity index (χ0) is 18.1. The summed E-state index contributed by atoms with van der Waals surface area (Å²) in [5.74, 6) is -0.170. The molecule has 25 heavy (non-hydrogen) atoms. The number of hydrogen-bond donors (Lipinski definition) is 3. The highest BCUT2D eigenvalue weighted by Gasteiger charge is 2.24. The van der Waals surface area contributed by atoms with E-state index in [9.17, 15) is 9.90 Å². The Morgan fingerprint density at radius 2 is 1.64 bits per heavy atom. The van der Waals surface area contributed by atoms with Crippen LogP contribution in [0.5, 0.6) is 11.5 Å². The largest absolute Gasteiger partial charge is 0.496 e. The van der Waals surface area contributed by atoms with E-state index in [0.29, 0.717) is 33.5 Å². The van der Waals surface area contributed by atoms with Gasteiger partial charge in [-0.15, -0.1) is 0 Å². The first-order valence-electron chi connectivity index (χ1n) is 7.28. The number of nitrogens with two attached hydrogens (primary N) is 2. The molecule has 0 aliphatic rings. The summed E-state index contributed by atoms with van der Waals surface area (Å²) in [6.45, 7) is 0. The molecule has 0 bridgehead atoms. The van der Waals surface area contributed by atoms with Gasteiger partial charge in [-0.05, 0) is 24.3 Å². The number of methoxy groups -OCH3 is 2. The van der Waals surface area contributed by atoms with Crippen LogP contribution in [-0.2, 0) is 0 Å². The summed E-state index contributed by atoms with van der Waals surface area (Å²) >= 11 is 0. The molecule has 3 aromatic rings. The number of nitrogen functional groups attached to an aromatic ring is 2. The molecule has 0 aliphatic heterocycles. The fourth-order valence-electron chi connectivity index (χ4n) is 2.81. The maximum atomic E-state index is 11.8. The molecule has 0 unspecified atom stereocenters.